The molecule has 1 atom stereocenters. The molecule has 7 heteroatoms. The van der Waals surface area contributed by atoms with Crippen LogP contribution in [0, 0.1) is 0 Å². The molecule has 0 saturated carbocycles. The van der Waals surface area contributed by atoms with E-state index in [9.17, 15) is 9.90 Å². The maximum absolute atomic E-state index is 11.5. The van der Waals surface area contributed by atoms with Crippen LogP contribution in [0.25, 0.3) is 11.3 Å². The Kier molecular flexibility index (Phi) is 4.20. The van der Waals surface area contributed by atoms with E-state index in [2.05, 4.69) is 4.98 Å². The van der Waals surface area contributed by atoms with Crippen LogP contribution in [0.4, 0.5) is 0 Å². The first-order valence-corrected chi connectivity index (χ1v) is 7.29. The fourth-order valence-electron chi connectivity index (χ4n) is 2.65. The molecule has 23 heavy (non-hydrogen) atoms. The van der Waals surface area contributed by atoms with Gasteiger partial charge in [0.05, 0.1) is 19.9 Å². The largest absolute Gasteiger partial charge is 0.497 e. The molecule has 0 amide bonds. The summed E-state index contributed by atoms with van der Waals surface area (Å²) in [7, 11) is 3.12. The summed E-state index contributed by atoms with van der Waals surface area (Å²) in [5, 5.41) is 9.40. The van der Waals surface area contributed by atoms with E-state index in [0.717, 1.165) is 18.4 Å². The molecular formula is C16H18N2O5. The predicted octanol–water partition coefficient (Wildman–Crippen LogP) is 2.57. The van der Waals surface area contributed by atoms with Gasteiger partial charge in [-0.05, 0) is 25.0 Å². The van der Waals surface area contributed by atoms with Crippen molar-refractivity contribution in [3.63, 3.8) is 0 Å². The zero-order valence-corrected chi connectivity index (χ0v) is 13.0. The van der Waals surface area contributed by atoms with Crippen molar-refractivity contribution in [1.82, 2.24) is 9.55 Å². The van der Waals surface area contributed by atoms with Crippen LogP contribution in [0.2, 0.25) is 0 Å². The van der Waals surface area contributed by atoms with Gasteiger partial charge in [-0.2, -0.15) is 0 Å². The molecule has 1 N–H and O–H groups in total. The highest BCUT2D eigenvalue weighted by atomic mass is 16.6. The number of benzene rings is 1. The van der Waals surface area contributed by atoms with E-state index in [1.165, 1.54) is 0 Å². The van der Waals surface area contributed by atoms with Crippen molar-refractivity contribution in [3.8, 4) is 22.8 Å². The number of rotatable bonds is 5. The van der Waals surface area contributed by atoms with Crippen LogP contribution in [0.3, 0.4) is 0 Å². The summed E-state index contributed by atoms with van der Waals surface area (Å²) >= 11 is 0. The molecule has 0 bridgehead atoms. The highest BCUT2D eigenvalue weighted by Crippen LogP contribution is 2.32. The lowest BCUT2D eigenvalue weighted by Crippen LogP contribution is -2.14. The SMILES string of the molecule is COc1cc(OC)cc(-c2cn(C3CCCO3)c([14C](=O)O)n2)c1. The third kappa shape index (κ3) is 3.00. The van der Waals surface area contributed by atoms with Crippen molar-refractivity contribution in [2.24, 2.45) is 0 Å². The van der Waals surface area contributed by atoms with E-state index in [1.54, 1.807) is 43.2 Å². The molecule has 1 aromatic heterocycles. The van der Waals surface area contributed by atoms with Crippen LogP contribution in [0.5, 0.6) is 11.5 Å². The van der Waals surface area contributed by atoms with Crippen LogP contribution in [-0.4, -0.2) is 41.5 Å². The lowest BCUT2D eigenvalue weighted by molar-refractivity contribution is 0.0465. The molecule has 3 rings (SSSR count). The molecule has 1 aliphatic rings. The number of methoxy groups -OCH3 is 2. The van der Waals surface area contributed by atoms with Gasteiger partial charge in [0.2, 0.25) is 5.82 Å². The highest BCUT2D eigenvalue weighted by molar-refractivity contribution is 5.85. The van der Waals surface area contributed by atoms with Gasteiger partial charge >= 0.3 is 5.97 Å². The first kappa shape index (κ1) is 15.4. The number of aromatic nitrogens is 2. The Bertz CT molecular complexity index is 697. The van der Waals surface area contributed by atoms with Gasteiger partial charge in [0.15, 0.2) is 0 Å². The maximum atomic E-state index is 11.5. The zero-order chi connectivity index (χ0) is 16.4. The van der Waals surface area contributed by atoms with Gasteiger partial charge in [0.1, 0.15) is 17.7 Å². The molecule has 122 valence electrons. The number of ether oxygens (including phenoxy) is 3. The summed E-state index contributed by atoms with van der Waals surface area (Å²) in [6.07, 6.45) is 3.10. The molecule has 1 aliphatic heterocycles. The molecule has 1 aromatic carbocycles. The molecule has 2 aromatic rings. The van der Waals surface area contributed by atoms with E-state index >= 15 is 0 Å². The van der Waals surface area contributed by atoms with Gasteiger partial charge in [-0.15, -0.1) is 0 Å². The summed E-state index contributed by atoms with van der Waals surface area (Å²) in [5.74, 6) is 0.112. The number of carboxylic acids is 1. The average Bonchev–Trinajstić information content (AvgIpc) is 3.23. The molecule has 0 aliphatic carbocycles. The number of hydrogen-bond acceptors (Lipinski definition) is 5. The fraction of sp³-hybridized carbons (Fsp3) is 0.375. The second kappa shape index (κ2) is 6.29. The quantitative estimate of drug-likeness (QED) is 0.911. The Labute approximate surface area is 133 Å². The zero-order valence-electron chi connectivity index (χ0n) is 13.0. The lowest BCUT2D eigenvalue weighted by Gasteiger charge is -2.12. The summed E-state index contributed by atoms with van der Waals surface area (Å²) < 4.78 is 17.7. The Hall–Kier alpha value is -2.54. The molecule has 7 nitrogen and oxygen atoms in total. The van der Waals surface area contributed by atoms with E-state index in [0.29, 0.717) is 23.8 Å². The van der Waals surface area contributed by atoms with Crippen molar-refractivity contribution in [1.29, 1.82) is 0 Å². The van der Waals surface area contributed by atoms with Gasteiger partial charge < -0.3 is 19.3 Å². The van der Waals surface area contributed by atoms with Crippen molar-refractivity contribution in [2.45, 2.75) is 19.1 Å². The number of nitrogens with zero attached hydrogens (tertiary/aromatic N) is 2. The van der Waals surface area contributed by atoms with Gasteiger partial charge in [-0.3, -0.25) is 4.57 Å². The standard InChI is InChI=1S/C16H18N2O5/c1-21-11-6-10(7-12(8-11)22-2)13-9-18(14-4-3-5-23-14)15(17-13)16(19)20/h6-9,14H,3-5H2,1-2H3,(H,19,20)/i16+2. The molecule has 0 radical (unpaired) electrons. The molecule has 1 fully saturated rings. The Morgan fingerprint density at radius 1 is 1.30 bits per heavy atom. The van der Waals surface area contributed by atoms with Crippen LogP contribution in [0.1, 0.15) is 29.7 Å². The Balaban J connectivity index is 2.06. The maximum Gasteiger partial charge on any atom is 0.372 e. The van der Waals surface area contributed by atoms with Crippen LogP contribution >= 0.6 is 0 Å². The monoisotopic (exact) mass is 320 g/mol. The second-order valence-corrected chi connectivity index (χ2v) is 5.23. The molecule has 2 heterocycles. The molecule has 1 unspecified atom stereocenters. The first-order chi connectivity index (χ1) is 11.1. The fourth-order valence-corrected chi connectivity index (χ4v) is 2.65. The van der Waals surface area contributed by atoms with E-state index < -0.39 is 5.97 Å². The predicted molar refractivity (Wildman–Crippen MR) is 81.9 cm³/mol. The van der Waals surface area contributed by atoms with Crippen molar-refractivity contribution < 1.29 is 24.1 Å². The van der Waals surface area contributed by atoms with E-state index in [1.807, 2.05) is 0 Å². The average molecular weight is 320 g/mol. The topological polar surface area (TPSA) is 82.8 Å². The first-order valence-electron chi connectivity index (χ1n) is 7.29. The van der Waals surface area contributed by atoms with Crippen molar-refractivity contribution in [3.05, 3.63) is 30.2 Å². The van der Waals surface area contributed by atoms with Gasteiger partial charge in [-0.1, -0.05) is 0 Å². The normalized spacial score (nSPS) is 17.2. The van der Waals surface area contributed by atoms with Crippen LogP contribution in [-0.2, 0) is 4.74 Å². The molecule has 0 spiro atoms. The van der Waals surface area contributed by atoms with Crippen LogP contribution in [0.15, 0.2) is 24.4 Å². The number of hydrogen-bond donors (Lipinski definition) is 1. The lowest BCUT2D eigenvalue weighted by atomic mass is 10.1. The smallest absolute Gasteiger partial charge is 0.372 e. The summed E-state index contributed by atoms with van der Waals surface area (Å²) in [6, 6.07) is 5.32. The summed E-state index contributed by atoms with van der Waals surface area (Å²) in [4.78, 5) is 15.7. The number of imidazole rings is 1. The summed E-state index contributed by atoms with van der Waals surface area (Å²) in [5.41, 5.74) is 1.26. The van der Waals surface area contributed by atoms with Gasteiger partial charge in [0.25, 0.3) is 0 Å². The van der Waals surface area contributed by atoms with E-state index in [4.69, 9.17) is 14.2 Å². The number of carboxylic acid groups (broad SMARTS) is 1. The number of carbonyl (C=O) groups is 1. The van der Waals surface area contributed by atoms with E-state index in [-0.39, 0.29) is 12.1 Å². The molecule has 1 saturated heterocycles. The molecular weight excluding hydrogens is 302 g/mol. The van der Waals surface area contributed by atoms with Crippen molar-refractivity contribution >= 4 is 5.97 Å². The third-order valence-corrected chi connectivity index (χ3v) is 3.79. The second-order valence-electron chi connectivity index (χ2n) is 5.23. The Morgan fingerprint density at radius 2 is 2.00 bits per heavy atom. The van der Waals surface area contributed by atoms with Gasteiger partial charge in [-0.25, -0.2) is 9.78 Å². The van der Waals surface area contributed by atoms with Crippen LogP contribution < -0.4 is 9.47 Å². The Morgan fingerprint density at radius 3 is 2.52 bits per heavy atom. The minimum atomic E-state index is -1.08. The number of aromatic carboxylic acids is 1. The minimum absolute atomic E-state index is 0.0336. The summed E-state index contributed by atoms with van der Waals surface area (Å²) in [6.45, 7) is 0.629. The van der Waals surface area contributed by atoms with Crippen molar-refractivity contribution in [2.75, 3.05) is 20.8 Å². The third-order valence-electron chi connectivity index (χ3n) is 3.79. The van der Waals surface area contributed by atoms with Gasteiger partial charge in [0, 0.05) is 24.4 Å². The minimum Gasteiger partial charge on any atom is -0.497 e. The highest BCUT2D eigenvalue weighted by Gasteiger charge is 2.25.